The Morgan fingerprint density at radius 2 is 2.00 bits per heavy atom. The molecule has 0 unspecified atom stereocenters. The third kappa shape index (κ3) is 4.35. The lowest BCUT2D eigenvalue weighted by Gasteiger charge is -2.10. The lowest BCUT2D eigenvalue weighted by Crippen LogP contribution is -2.21. The maximum atomic E-state index is 13.4. The molecular weight excluding hydrogens is 360 g/mol. The monoisotopic (exact) mass is 376 g/mol. The second kappa shape index (κ2) is 7.49. The highest BCUT2D eigenvalue weighted by Crippen LogP contribution is 2.32. The number of rotatable bonds is 4. The molecule has 136 valence electrons. The third-order valence-electron chi connectivity index (χ3n) is 3.62. The SMILES string of the molecule is COCCn1c(C)c(C)sc1=NC(=O)c1cc(F)ccc1C(F)(F)F. The summed E-state index contributed by atoms with van der Waals surface area (Å²) >= 11 is 1.18. The predicted molar refractivity (Wildman–Crippen MR) is 85.0 cm³/mol. The second-order valence-corrected chi connectivity index (χ2v) is 6.46. The van der Waals surface area contributed by atoms with Gasteiger partial charge in [-0.1, -0.05) is 0 Å². The van der Waals surface area contributed by atoms with Gasteiger partial charge in [0, 0.05) is 24.2 Å². The lowest BCUT2D eigenvalue weighted by atomic mass is 10.1. The van der Waals surface area contributed by atoms with Crippen LogP contribution in [0, 0.1) is 19.7 Å². The van der Waals surface area contributed by atoms with Crippen molar-refractivity contribution in [2.24, 2.45) is 4.99 Å². The Morgan fingerprint density at radius 1 is 1.32 bits per heavy atom. The van der Waals surface area contributed by atoms with Gasteiger partial charge in [0.1, 0.15) is 5.82 Å². The van der Waals surface area contributed by atoms with Crippen LogP contribution in [0.4, 0.5) is 17.6 Å². The van der Waals surface area contributed by atoms with Crippen LogP contribution in [-0.4, -0.2) is 24.2 Å². The van der Waals surface area contributed by atoms with Gasteiger partial charge in [0.15, 0.2) is 4.80 Å². The molecule has 1 aromatic heterocycles. The van der Waals surface area contributed by atoms with E-state index in [1.165, 1.54) is 18.4 Å². The predicted octanol–water partition coefficient (Wildman–Crippen LogP) is 3.71. The van der Waals surface area contributed by atoms with Crippen LogP contribution in [0.3, 0.4) is 0 Å². The molecule has 4 nitrogen and oxygen atoms in total. The van der Waals surface area contributed by atoms with E-state index in [9.17, 15) is 22.4 Å². The number of carbonyl (C=O) groups is 1. The summed E-state index contributed by atoms with van der Waals surface area (Å²) < 4.78 is 59.2. The number of hydrogen-bond acceptors (Lipinski definition) is 3. The maximum absolute atomic E-state index is 13.4. The van der Waals surface area contributed by atoms with Gasteiger partial charge in [0.2, 0.25) is 0 Å². The number of ether oxygens (including phenoxy) is 1. The van der Waals surface area contributed by atoms with Gasteiger partial charge in [-0.2, -0.15) is 18.2 Å². The van der Waals surface area contributed by atoms with Crippen molar-refractivity contribution in [3.05, 3.63) is 50.5 Å². The molecule has 2 aromatic rings. The van der Waals surface area contributed by atoms with Crippen molar-refractivity contribution >= 4 is 17.2 Å². The van der Waals surface area contributed by atoms with Crippen LogP contribution in [0.25, 0.3) is 0 Å². The van der Waals surface area contributed by atoms with Crippen LogP contribution in [0.5, 0.6) is 0 Å². The highest BCUT2D eigenvalue weighted by atomic mass is 32.1. The highest BCUT2D eigenvalue weighted by Gasteiger charge is 2.35. The zero-order valence-corrected chi connectivity index (χ0v) is 14.6. The number of benzene rings is 1. The van der Waals surface area contributed by atoms with E-state index in [-0.39, 0.29) is 4.80 Å². The fourth-order valence-electron chi connectivity index (χ4n) is 2.22. The smallest absolute Gasteiger partial charge is 0.383 e. The molecule has 0 saturated carbocycles. The Kier molecular flexibility index (Phi) is 5.79. The first kappa shape index (κ1) is 19.3. The Hall–Kier alpha value is -2.00. The minimum absolute atomic E-state index is 0.245. The molecule has 1 aromatic carbocycles. The van der Waals surface area contributed by atoms with Crippen molar-refractivity contribution in [2.45, 2.75) is 26.6 Å². The van der Waals surface area contributed by atoms with Crippen molar-refractivity contribution in [3.63, 3.8) is 0 Å². The number of thiazole rings is 1. The number of halogens is 4. The molecule has 0 aliphatic carbocycles. The summed E-state index contributed by atoms with van der Waals surface area (Å²) in [6, 6.07) is 1.77. The lowest BCUT2D eigenvalue weighted by molar-refractivity contribution is -0.137. The molecule has 9 heteroatoms. The molecule has 0 radical (unpaired) electrons. The summed E-state index contributed by atoms with van der Waals surface area (Å²) in [6.07, 6.45) is -4.78. The first-order chi connectivity index (χ1) is 11.6. The van der Waals surface area contributed by atoms with Gasteiger partial charge in [-0.3, -0.25) is 4.79 Å². The zero-order chi connectivity index (χ0) is 18.8. The molecular formula is C16H16F4N2O2S. The first-order valence-corrected chi connectivity index (χ1v) is 8.08. The minimum atomic E-state index is -4.78. The van der Waals surface area contributed by atoms with E-state index in [4.69, 9.17) is 4.74 Å². The van der Waals surface area contributed by atoms with Gasteiger partial charge in [-0.15, -0.1) is 11.3 Å². The van der Waals surface area contributed by atoms with Crippen LogP contribution in [0.1, 0.15) is 26.5 Å². The Balaban J connectivity index is 2.55. The zero-order valence-electron chi connectivity index (χ0n) is 13.8. The fraction of sp³-hybridized carbons (Fsp3) is 0.375. The molecule has 0 spiro atoms. The summed E-state index contributed by atoms with van der Waals surface area (Å²) in [7, 11) is 1.51. The highest BCUT2D eigenvalue weighted by molar-refractivity contribution is 7.09. The van der Waals surface area contributed by atoms with Gasteiger partial charge in [-0.25, -0.2) is 4.39 Å². The number of methoxy groups -OCH3 is 1. The average molecular weight is 376 g/mol. The molecule has 2 rings (SSSR count). The largest absolute Gasteiger partial charge is 0.417 e. The first-order valence-electron chi connectivity index (χ1n) is 7.26. The number of nitrogens with zero attached hydrogens (tertiary/aromatic N) is 2. The number of alkyl halides is 3. The van der Waals surface area contributed by atoms with Gasteiger partial charge in [0.25, 0.3) is 5.91 Å². The Bertz CT molecular complexity index is 853. The number of aryl methyl sites for hydroxylation is 1. The summed E-state index contributed by atoms with van der Waals surface area (Å²) in [5.41, 5.74) is -1.19. The van der Waals surface area contributed by atoms with Gasteiger partial charge < -0.3 is 9.30 Å². The summed E-state index contributed by atoms with van der Waals surface area (Å²) in [5.74, 6) is -2.07. The van der Waals surface area contributed by atoms with Crippen molar-refractivity contribution < 1.29 is 27.1 Å². The van der Waals surface area contributed by atoms with Crippen LogP contribution in [0.15, 0.2) is 23.2 Å². The number of carbonyl (C=O) groups excluding carboxylic acids is 1. The van der Waals surface area contributed by atoms with Crippen molar-refractivity contribution in [1.29, 1.82) is 0 Å². The maximum Gasteiger partial charge on any atom is 0.417 e. The molecule has 25 heavy (non-hydrogen) atoms. The van der Waals surface area contributed by atoms with Crippen molar-refractivity contribution in [3.8, 4) is 0 Å². The minimum Gasteiger partial charge on any atom is -0.383 e. The van der Waals surface area contributed by atoms with E-state index in [1.807, 2.05) is 13.8 Å². The van der Waals surface area contributed by atoms with Crippen molar-refractivity contribution in [2.75, 3.05) is 13.7 Å². The summed E-state index contributed by atoms with van der Waals surface area (Å²) in [6.45, 7) is 4.38. The third-order valence-corrected chi connectivity index (χ3v) is 4.72. The Morgan fingerprint density at radius 3 is 2.60 bits per heavy atom. The Labute approximate surface area is 145 Å². The average Bonchev–Trinajstić information content (AvgIpc) is 2.78. The van der Waals surface area contributed by atoms with Crippen LogP contribution in [-0.2, 0) is 17.5 Å². The van der Waals surface area contributed by atoms with Gasteiger partial charge in [0.05, 0.1) is 17.7 Å². The quantitative estimate of drug-likeness (QED) is 0.764. The molecule has 0 aliphatic heterocycles. The van der Waals surface area contributed by atoms with Gasteiger partial charge in [-0.05, 0) is 32.0 Å². The van der Waals surface area contributed by atoms with Crippen LogP contribution in [0.2, 0.25) is 0 Å². The number of aromatic nitrogens is 1. The molecule has 0 saturated heterocycles. The van der Waals surface area contributed by atoms with E-state index in [1.54, 1.807) is 4.57 Å². The molecule has 1 amide bonds. The molecule has 1 heterocycles. The molecule has 0 N–H and O–H groups in total. The number of amides is 1. The van der Waals surface area contributed by atoms with E-state index in [2.05, 4.69) is 4.99 Å². The molecule has 0 aliphatic rings. The molecule has 0 fully saturated rings. The van der Waals surface area contributed by atoms with Crippen LogP contribution < -0.4 is 4.80 Å². The van der Waals surface area contributed by atoms with E-state index in [0.717, 1.165) is 10.6 Å². The van der Waals surface area contributed by atoms with Gasteiger partial charge >= 0.3 is 6.18 Å². The van der Waals surface area contributed by atoms with Crippen molar-refractivity contribution in [1.82, 2.24) is 4.57 Å². The van der Waals surface area contributed by atoms with E-state index >= 15 is 0 Å². The topological polar surface area (TPSA) is 43.6 Å². The number of hydrogen-bond donors (Lipinski definition) is 0. The fourth-order valence-corrected chi connectivity index (χ4v) is 3.21. The van der Waals surface area contributed by atoms with Crippen LogP contribution >= 0.6 is 11.3 Å². The normalized spacial score (nSPS) is 12.7. The molecule has 0 bridgehead atoms. The van der Waals surface area contributed by atoms with E-state index < -0.39 is 29.0 Å². The summed E-state index contributed by atoms with van der Waals surface area (Å²) in [5, 5.41) is 0. The standard InChI is InChI=1S/C16H16F4N2O2S/c1-9-10(2)25-15(22(9)6-7-24-3)21-14(23)12-8-11(17)4-5-13(12)16(18,19)20/h4-5,8H,6-7H2,1-3H3. The second-order valence-electron chi connectivity index (χ2n) is 5.28. The summed E-state index contributed by atoms with van der Waals surface area (Å²) in [4.78, 5) is 17.2. The molecule has 0 atom stereocenters. The van der Waals surface area contributed by atoms with E-state index in [0.29, 0.717) is 31.4 Å².